The fourth-order valence-electron chi connectivity index (χ4n) is 1.70. The second-order valence-corrected chi connectivity index (χ2v) is 4.00. The number of rotatable bonds is 6. The van der Waals surface area contributed by atoms with Gasteiger partial charge in [0.25, 0.3) is 0 Å². The molecular weight excluding hydrogens is 240 g/mol. The minimum absolute atomic E-state index is 0.103. The molecule has 1 heterocycles. The summed E-state index contributed by atoms with van der Waals surface area (Å²) in [6, 6.07) is 0. The molecule has 18 heavy (non-hydrogen) atoms. The predicted molar refractivity (Wildman–Crippen MR) is 64.4 cm³/mol. The molecule has 0 aliphatic carbocycles. The second kappa shape index (κ2) is 5.03. The fourth-order valence-corrected chi connectivity index (χ4v) is 1.70. The number of hydrogen-bond donors (Lipinski definition) is 2. The lowest BCUT2D eigenvalue weighted by Gasteiger charge is -2.28. The zero-order valence-corrected chi connectivity index (χ0v) is 10.5. The van der Waals surface area contributed by atoms with Crippen LogP contribution in [0.5, 0.6) is 0 Å². The van der Waals surface area contributed by atoms with E-state index in [-0.39, 0.29) is 11.6 Å². The quantitative estimate of drug-likeness (QED) is 0.587. The van der Waals surface area contributed by atoms with Crippen molar-refractivity contribution in [3.63, 3.8) is 0 Å². The van der Waals surface area contributed by atoms with E-state index in [1.165, 1.54) is 10.9 Å². The summed E-state index contributed by atoms with van der Waals surface area (Å²) < 4.78 is 1.40. The molecule has 0 spiro atoms. The highest BCUT2D eigenvalue weighted by Gasteiger charge is 2.38. The van der Waals surface area contributed by atoms with Gasteiger partial charge < -0.3 is 20.5 Å². The van der Waals surface area contributed by atoms with E-state index < -0.39 is 16.4 Å². The second-order valence-electron chi connectivity index (χ2n) is 4.00. The largest absolute Gasteiger partial charge is 0.480 e. The Balaban J connectivity index is 3.20. The predicted octanol–water partition coefficient (Wildman–Crippen LogP) is 1.38. The summed E-state index contributed by atoms with van der Waals surface area (Å²) in [5.41, 5.74) is -1.22. The van der Waals surface area contributed by atoms with Crippen LogP contribution >= 0.6 is 0 Å². The molecule has 1 rings (SSSR count). The molecule has 0 fully saturated rings. The van der Waals surface area contributed by atoms with E-state index in [0.29, 0.717) is 12.8 Å². The van der Waals surface area contributed by atoms with Crippen molar-refractivity contribution in [1.82, 2.24) is 9.55 Å². The lowest BCUT2D eigenvalue weighted by Crippen LogP contribution is -2.45. The zero-order chi connectivity index (χ0) is 13.9. The van der Waals surface area contributed by atoms with Gasteiger partial charge in [-0.15, -0.1) is 0 Å². The molecule has 8 heteroatoms. The number of aliphatic carboxylic acids is 1. The van der Waals surface area contributed by atoms with Gasteiger partial charge in [0.2, 0.25) is 12.1 Å². The standard InChI is InChI=1S/C10H16N4O4/c1-4-10(5-2,9(15)16)12-8-7(14(17)18)11-6-13(8)3/h6,12H,4-5H2,1-3H3,(H,15,16). The molecule has 1 aromatic rings. The maximum atomic E-state index is 11.3. The number of imidazole rings is 1. The van der Waals surface area contributed by atoms with E-state index in [1.807, 2.05) is 0 Å². The van der Waals surface area contributed by atoms with Crippen molar-refractivity contribution in [3.8, 4) is 0 Å². The van der Waals surface area contributed by atoms with Crippen molar-refractivity contribution in [3.05, 3.63) is 16.4 Å². The number of nitrogens with one attached hydrogen (secondary N) is 1. The van der Waals surface area contributed by atoms with E-state index >= 15 is 0 Å². The van der Waals surface area contributed by atoms with E-state index in [4.69, 9.17) is 0 Å². The number of nitro groups is 1. The summed E-state index contributed by atoms with van der Waals surface area (Å²) in [6.45, 7) is 3.43. The summed E-state index contributed by atoms with van der Waals surface area (Å²) in [5.74, 6) is -1.31. The Morgan fingerprint density at radius 1 is 1.61 bits per heavy atom. The number of carboxylic acid groups (broad SMARTS) is 1. The van der Waals surface area contributed by atoms with Crippen LogP contribution in [0.25, 0.3) is 0 Å². The van der Waals surface area contributed by atoms with Crippen LogP contribution < -0.4 is 5.32 Å². The Hall–Kier alpha value is -2.12. The van der Waals surface area contributed by atoms with Crippen molar-refractivity contribution >= 4 is 17.6 Å². The van der Waals surface area contributed by atoms with Crippen molar-refractivity contribution in [2.24, 2.45) is 7.05 Å². The highest BCUT2D eigenvalue weighted by atomic mass is 16.6. The van der Waals surface area contributed by atoms with Crippen molar-refractivity contribution in [2.45, 2.75) is 32.2 Å². The van der Waals surface area contributed by atoms with Crippen LogP contribution in [0, 0.1) is 10.1 Å². The molecule has 100 valence electrons. The molecule has 0 saturated heterocycles. The first-order valence-corrected chi connectivity index (χ1v) is 5.55. The van der Waals surface area contributed by atoms with Gasteiger partial charge in [0.1, 0.15) is 5.54 Å². The van der Waals surface area contributed by atoms with Crippen LogP contribution in [0.4, 0.5) is 11.6 Å². The van der Waals surface area contributed by atoms with Gasteiger partial charge in [-0.3, -0.25) is 4.57 Å². The number of hydrogen-bond acceptors (Lipinski definition) is 5. The number of anilines is 1. The van der Waals surface area contributed by atoms with Gasteiger partial charge >= 0.3 is 11.8 Å². The lowest BCUT2D eigenvalue weighted by atomic mass is 9.93. The number of aromatic nitrogens is 2. The van der Waals surface area contributed by atoms with Gasteiger partial charge in [0, 0.05) is 7.05 Å². The molecule has 0 atom stereocenters. The minimum atomic E-state index is -1.22. The first kappa shape index (κ1) is 13.9. The van der Waals surface area contributed by atoms with E-state index in [2.05, 4.69) is 10.3 Å². The molecule has 2 N–H and O–H groups in total. The summed E-state index contributed by atoms with van der Waals surface area (Å²) in [4.78, 5) is 25.1. The third kappa shape index (κ3) is 2.27. The van der Waals surface area contributed by atoms with Crippen molar-refractivity contribution in [2.75, 3.05) is 5.32 Å². The molecule has 0 radical (unpaired) electrons. The molecule has 0 amide bonds. The molecule has 0 unspecified atom stereocenters. The number of carboxylic acids is 1. The first-order chi connectivity index (χ1) is 8.38. The van der Waals surface area contributed by atoms with Crippen LogP contribution in [-0.2, 0) is 11.8 Å². The molecule has 0 aliphatic heterocycles. The van der Waals surface area contributed by atoms with Crippen molar-refractivity contribution < 1.29 is 14.8 Å². The third-order valence-electron chi connectivity index (χ3n) is 3.06. The zero-order valence-electron chi connectivity index (χ0n) is 10.5. The van der Waals surface area contributed by atoms with E-state index in [9.17, 15) is 20.0 Å². The number of nitrogens with zero attached hydrogens (tertiary/aromatic N) is 3. The molecule has 8 nitrogen and oxygen atoms in total. The SMILES string of the molecule is CCC(CC)(Nc1c([N+](=O)[O-])ncn1C)C(=O)O. The summed E-state index contributed by atoms with van der Waals surface area (Å²) >= 11 is 0. The monoisotopic (exact) mass is 256 g/mol. The molecule has 0 saturated carbocycles. The van der Waals surface area contributed by atoms with Gasteiger partial charge in [-0.05, 0) is 22.7 Å². The highest BCUT2D eigenvalue weighted by Crippen LogP contribution is 2.28. The molecule has 0 aromatic carbocycles. The van der Waals surface area contributed by atoms with Gasteiger partial charge in [0.05, 0.1) is 0 Å². The Kier molecular flexibility index (Phi) is 3.89. The number of aryl methyl sites for hydroxylation is 1. The molecule has 0 bridgehead atoms. The Labute approximate surface area is 104 Å². The Morgan fingerprint density at radius 3 is 2.56 bits per heavy atom. The molecular formula is C10H16N4O4. The Bertz CT molecular complexity index is 464. The normalized spacial score (nSPS) is 11.3. The van der Waals surface area contributed by atoms with E-state index in [0.717, 1.165) is 0 Å². The topological polar surface area (TPSA) is 110 Å². The van der Waals surface area contributed by atoms with Gasteiger partial charge in [-0.1, -0.05) is 13.8 Å². The van der Waals surface area contributed by atoms with Crippen LogP contribution in [0.1, 0.15) is 26.7 Å². The van der Waals surface area contributed by atoms with Gasteiger partial charge in [-0.25, -0.2) is 4.79 Å². The van der Waals surface area contributed by atoms with Crippen LogP contribution in [0.2, 0.25) is 0 Å². The smallest absolute Gasteiger partial charge is 0.406 e. The Morgan fingerprint density at radius 2 is 2.17 bits per heavy atom. The molecule has 0 aliphatic rings. The lowest BCUT2D eigenvalue weighted by molar-refractivity contribution is -0.388. The van der Waals surface area contributed by atoms with Crippen LogP contribution in [0.15, 0.2) is 6.33 Å². The summed E-state index contributed by atoms with van der Waals surface area (Å²) in [7, 11) is 1.57. The van der Waals surface area contributed by atoms with Gasteiger partial charge in [0.15, 0.2) is 0 Å². The molecule has 1 aromatic heterocycles. The van der Waals surface area contributed by atoms with E-state index in [1.54, 1.807) is 20.9 Å². The maximum absolute atomic E-state index is 11.3. The van der Waals surface area contributed by atoms with Crippen LogP contribution in [0.3, 0.4) is 0 Å². The van der Waals surface area contributed by atoms with Crippen molar-refractivity contribution in [1.29, 1.82) is 0 Å². The highest BCUT2D eigenvalue weighted by molar-refractivity contribution is 5.83. The average molecular weight is 256 g/mol. The summed E-state index contributed by atoms with van der Waals surface area (Å²) in [5, 5.41) is 22.8. The maximum Gasteiger partial charge on any atom is 0.406 e. The van der Waals surface area contributed by atoms with Crippen LogP contribution in [-0.4, -0.2) is 31.1 Å². The number of carbonyl (C=O) groups is 1. The average Bonchev–Trinajstić information content (AvgIpc) is 2.67. The fraction of sp³-hybridized carbons (Fsp3) is 0.600. The van der Waals surface area contributed by atoms with Gasteiger partial charge in [-0.2, -0.15) is 0 Å². The summed E-state index contributed by atoms with van der Waals surface area (Å²) in [6.07, 6.45) is 1.89. The minimum Gasteiger partial charge on any atom is -0.480 e. The third-order valence-corrected chi connectivity index (χ3v) is 3.06. The first-order valence-electron chi connectivity index (χ1n) is 5.55.